The van der Waals surface area contributed by atoms with Crippen LogP contribution in [-0.4, -0.2) is 16.9 Å². The van der Waals surface area contributed by atoms with Crippen LogP contribution >= 0.6 is 12.2 Å². The Morgan fingerprint density at radius 2 is 1.94 bits per heavy atom. The largest absolute Gasteiger partial charge is 0.359 e. The molecule has 0 saturated heterocycles. The van der Waals surface area contributed by atoms with Gasteiger partial charge in [-0.15, -0.1) is 0 Å². The monoisotopic (exact) mass is 269 g/mol. The van der Waals surface area contributed by atoms with Gasteiger partial charge in [-0.05, 0) is 50.7 Å². The van der Waals surface area contributed by atoms with E-state index in [1.807, 2.05) is 0 Å². The van der Waals surface area contributed by atoms with Crippen molar-refractivity contribution in [2.45, 2.75) is 71.8 Å². The first-order valence-electron chi connectivity index (χ1n) is 7.17. The minimum Gasteiger partial charge on any atom is -0.359 e. The summed E-state index contributed by atoms with van der Waals surface area (Å²) in [5.74, 6) is 0.725. The lowest BCUT2D eigenvalue weighted by molar-refractivity contribution is 0.412. The Bertz CT molecular complexity index is 281. The molecule has 0 aromatic carbocycles. The predicted octanol–water partition coefficient (Wildman–Crippen LogP) is 3.60. The lowest BCUT2D eigenvalue weighted by atomic mass is 9.96. The smallest absolute Gasteiger partial charge is 0.187 e. The Kier molecular flexibility index (Phi) is 7.25. The van der Waals surface area contributed by atoms with Crippen LogP contribution in [0.3, 0.4) is 0 Å². The average Bonchev–Trinajstić information content (AvgIpc) is 2.35. The number of rotatable bonds is 5. The summed E-state index contributed by atoms with van der Waals surface area (Å²) >= 11 is 5.26. The van der Waals surface area contributed by atoms with Gasteiger partial charge in [-0.3, -0.25) is 5.43 Å². The standard InChI is InChI=1S/C14H27N3S/c1-11(2)9-10-12(3)16-17-14(18)15-13-7-5-4-6-8-13/h11,13H,4-10H2,1-3H3,(H2,15,17,18)/b16-12+. The molecular formula is C14H27N3S. The van der Waals surface area contributed by atoms with Gasteiger partial charge in [0.05, 0.1) is 0 Å². The second-order valence-corrected chi connectivity index (χ2v) is 6.11. The molecule has 104 valence electrons. The molecule has 0 aliphatic heterocycles. The normalized spacial score (nSPS) is 17.9. The third-order valence-corrected chi connectivity index (χ3v) is 3.58. The molecule has 0 aromatic heterocycles. The molecule has 0 radical (unpaired) electrons. The van der Waals surface area contributed by atoms with Crippen molar-refractivity contribution < 1.29 is 0 Å². The molecule has 0 heterocycles. The van der Waals surface area contributed by atoms with E-state index in [0.717, 1.165) is 18.1 Å². The highest BCUT2D eigenvalue weighted by Crippen LogP contribution is 2.17. The molecular weight excluding hydrogens is 242 g/mol. The second-order valence-electron chi connectivity index (χ2n) is 5.70. The number of hydrazone groups is 1. The van der Waals surface area contributed by atoms with E-state index in [1.54, 1.807) is 0 Å². The first-order chi connectivity index (χ1) is 8.58. The summed E-state index contributed by atoms with van der Waals surface area (Å²) in [6, 6.07) is 0.546. The lowest BCUT2D eigenvalue weighted by Gasteiger charge is -2.23. The first-order valence-corrected chi connectivity index (χ1v) is 7.58. The molecule has 1 rings (SSSR count). The Morgan fingerprint density at radius 3 is 2.56 bits per heavy atom. The zero-order chi connectivity index (χ0) is 13.4. The van der Waals surface area contributed by atoms with E-state index in [0.29, 0.717) is 11.2 Å². The van der Waals surface area contributed by atoms with E-state index in [2.05, 4.69) is 36.6 Å². The lowest BCUT2D eigenvalue weighted by Crippen LogP contribution is -2.41. The zero-order valence-electron chi connectivity index (χ0n) is 12.0. The van der Waals surface area contributed by atoms with Crippen LogP contribution in [0.25, 0.3) is 0 Å². The number of nitrogens with zero attached hydrogens (tertiary/aromatic N) is 1. The van der Waals surface area contributed by atoms with Crippen LogP contribution in [0.15, 0.2) is 5.10 Å². The molecule has 1 aliphatic carbocycles. The summed E-state index contributed by atoms with van der Waals surface area (Å²) in [4.78, 5) is 0. The summed E-state index contributed by atoms with van der Waals surface area (Å²) in [5.41, 5.74) is 4.08. The van der Waals surface area contributed by atoms with Gasteiger partial charge in [0.2, 0.25) is 0 Å². The summed E-state index contributed by atoms with van der Waals surface area (Å²) in [6.07, 6.45) is 8.69. The molecule has 0 aromatic rings. The number of hydrogen-bond donors (Lipinski definition) is 2. The maximum atomic E-state index is 5.26. The second kappa shape index (κ2) is 8.46. The summed E-state index contributed by atoms with van der Waals surface area (Å²) in [5, 5.41) is 8.35. The fraction of sp³-hybridized carbons (Fsp3) is 0.857. The van der Waals surface area contributed by atoms with Crippen molar-refractivity contribution in [1.29, 1.82) is 0 Å². The van der Waals surface area contributed by atoms with Gasteiger partial charge in [0.25, 0.3) is 0 Å². The van der Waals surface area contributed by atoms with Gasteiger partial charge in [-0.1, -0.05) is 33.1 Å². The van der Waals surface area contributed by atoms with Crippen molar-refractivity contribution in [3.63, 3.8) is 0 Å². The minimum atomic E-state index is 0.546. The zero-order valence-corrected chi connectivity index (χ0v) is 12.8. The summed E-state index contributed by atoms with van der Waals surface area (Å²) < 4.78 is 0. The van der Waals surface area contributed by atoms with Crippen LogP contribution in [0.1, 0.15) is 65.7 Å². The van der Waals surface area contributed by atoms with E-state index in [-0.39, 0.29) is 0 Å². The number of thiocarbonyl (C=S) groups is 1. The predicted molar refractivity (Wildman–Crippen MR) is 82.9 cm³/mol. The quantitative estimate of drug-likeness (QED) is 0.455. The number of hydrogen-bond acceptors (Lipinski definition) is 2. The van der Waals surface area contributed by atoms with Crippen molar-refractivity contribution >= 4 is 23.0 Å². The molecule has 4 heteroatoms. The van der Waals surface area contributed by atoms with Gasteiger partial charge in [0, 0.05) is 11.8 Å². The van der Waals surface area contributed by atoms with Gasteiger partial charge >= 0.3 is 0 Å². The van der Waals surface area contributed by atoms with Crippen molar-refractivity contribution in [3.05, 3.63) is 0 Å². The van der Waals surface area contributed by atoms with Crippen molar-refractivity contribution in [2.24, 2.45) is 11.0 Å². The molecule has 0 spiro atoms. The van der Waals surface area contributed by atoms with E-state index in [9.17, 15) is 0 Å². The average molecular weight is 269 g/mol. The molecule has 2 N–H and O–H groups in total. The fourth-order valence-electron chi connectivity index (χ4n) is 2.16. The maximum Gasteiger partial charge on any atom is 0.187 e. The number of nitrogens with one attached hydrogen (secondary N) is 2. The van der Waals surface area contributed by atoms with Crippen LogP contribution in [0.4, 0.5) is 0 Å². The maximum absolute atomic E-state index is 5.26. The molecule has 0 atom stereocenters. The third kappa shape index (κ3) is 6.94. The van der Waals surface area contributed by atoms with Crippen molar-refractivity contribution in [1.82, 2.24) is 10.7 Å². The van der Waals surface area contributed by atoms with E-state index in [1.165, 1.54) is 38.5 Å². The van der Waals surface area contributed by atoms with Gasteiger partial charge in [0.15, 0.2) is 5.11 Å². The Hall–Kier alpha value is -0.640. The Labute approximate surface area is 117 Å². The van der Waals surface area contributed by atoms with Crippen LogP contribution in [0.2, 0.25) is 0 Å². The Morgan fingerprint density at radius 1 is 1.28 bits per heavy atom. The molecule has 0 bridgehead atoms. The van der Waals surface area contributed by atoms with Crippen molar-refractivity contribution in [2.75, 3.05) is 0 Å². The van der Waals surface area contributed by atoms with Crippen LogP contribution < -0.4 is 10.7 Å². The van der Waals surface area contributed by atoms with Gasteiger partial charge in [-0.25, -0.2) is 0 Å². The van der Waals surface area contributed by atoms with E-state index in [4.69, 9.17) is 12.2 Å². The van der Waals surface area contributed by atoms with Crippen molar-refractivity contribution in [3.8, 4) is 0 Å². The van der Waals surface area contributed by atoms with Gasteiger partial charge < -0.3 is 5.32 Å². The molecule has 0 amide bonds. The van der Waals surface area contributed by atoms with Crippen LogP contribution in [0, 0.1) is 5.92 Å². The third-order valence-electron chi connectivity index (χ3n) is 3.37. The highest BCUT2D eigenvalue weighted by molar-refractivity contribution is 7.80. The highest BCUT2D eigenvalue weighted by atomic mass is 32.1. The molecule has 0 unspecified atom stereocenters. The SMILES string of the molecule is C/C(CCC(C)C)=N\NC(=S)NC1CCCCC1. The Balaban J connectivity index is 2.20. The first kappa shape index (κ1) is 15.4. The molecule has 3 nitrogen and oxygen atoms in total. The van der Waals surface area contributed by atoms with E-state index >= 15 is 0 Å². The molecule has 1 fully saturated rings. The van der Waals surface area contributed by atoms with Gasteiger partial charge in [0.1, 0.15) is 0 Å². The highest BCUT2D eigenvalue weighted by Gasteiger charge is 2.13. The molecule has 1 saturated carbocycles. The summed E-state index contributed by atoms with van der Waals surface area (Å²) in [7, 11) is 0. The molecule has 18 heavy (non-hydrogen) atoms. The topological polar surface area (TPSA) is 36.4 Å². The molecule has 1 aliphatic rings. The van der Waals surface area contributed by atoms with Gasteiger partial charge in [-0.2, -0.15) is 5.10 Å². The minimum absolute atomic E-state index is 0.546. The fourth-order valence-corrected chi connectivity index (χ4v) is 2.38. The van der Waals surface area contributed by atoms with Crippen LogP contribution in [0.5, 0.6) is 0 Å². The van der Waals surface area contributed by atoms with Crippen LogP contribution in [-0.2, 0) is 0 Å². The van der Waals surface area contributed by atoms with E-state index < -0.39 is 0 Å². The summed E-state index contributed by atoms with van der Waals surface area (Å²) in [6.45, 7) is 6.52.